The van der Waals surface area contributed by atoms with E-state index in [1.807, 2.05) is 0 Å². The predicted molar refractivity (Wildman–Crippen MR) is 44.5 cm³/mol. The van der Waals surface area contributed by atoms with Crippen LogP contribution < -0.4 is 5.73 Å². The second-order valence-corrected chi connectivity index (χ2v) is 2.26. The van der Waals surface area contributed by atoms with E-state index in [-0.39, 0.29) is 7.43 Å². The molecule has 58 valence electrons. The lowest BCUT2D eigenvalue weighted by atomic mass is 10.00. The average Bonchev–Trinajstić information content (AvgIpc) is 1.83. The lowest BCUT2D eigenvalue weighted by molar-refractivity contribution is 0.463. The van der Waals surface area contributed by atoms with Crippen LogP contribution in [0.5, 0.6) is 0 Å². The third-order valence-electron chi connectivity index (χ3n) is 1.73. The van der Waals surface area contributed by atoms with Crippen molar-refractivity contribution in [3.05, 3.63) is 0 Å². The zero-order valence-corrected chi connectivity index (χ0v) is 5.98. The Kier molecular flexibility index (Phi) is 10.4. The molecule has 0 radical (unpaired) electrons. The molecule has 0 heterocycles. The molecule has 0 aliphatic rings. The SMILES string of the molecule is C.CCC(CC)CCN. The summed E-state index contributed by atoms with van der Waals surface area (Å²) in [6.07, 6.45) is 3.77. The van der Waals surface area contributed by atoms with Gasteiger partial charge in [0, 0.05) is 0 Å². The average molecular weight is 131 g/mol. The molecule has 0 spiro atoms. The summed E-state index contributed by atoms with van der Waals surface area (Å²) in [6.45, 7) is 5.31. The minimum Gasteiger partial charge on any atom is -0.330 e. The molecular weight excluding hydrogens is 110 g/mol. The summed E-state index contributed by atoms with van der Waals surface area (Å²) in [7, 11) is 0. The standard InChI is InChI=1S/C7H17N.CH4/c1-3-7(4-2)5-6-8;/h7H,3-6,8H2,1-2H3;1H4. The molecular formula is C8H21N. The molecule has 0 amide bonds. The van der Waals surface area contributed by atoms with E-state index in [9.17, 15) is 0 Å². The van der Waals surface area contributed by atoms with E-state index in [4.69, 9.17) is 5.73 Å². The fourth-order valence-corrected chi connectivity index (χ4v) is 0.933. The van der Waals surface area contributed by atoms with Crippen molar-refractivity contribution < 1.29 is 0 Å². The Labute approximate surface area is 59.6 Å². The van der Waals surface area contributed by atoms with Gasteiger partial charge in [-0.2, -0.15) is 0 Å². The first-order valence-electron chi connectivity index (χ1n) is 3.55. The molecule has 1 heteroatoms. The highest BCUT2D eigenvalue weighted by Crippen LogP contribution is 2.09. The van der Waals surface area contributed by atoms with Gasteiger partial charge in [0.25, 0.3) is 0 Å². The molecule has 0 atom stereocenters. The molecule has 0 aromatic heterocycles. The molecule has 0 saturated carbocycles. The monoisotopic (exact) mass is 131 g/mol. The van der Waals surface area contributed by atoms with Gasteiger partial charge in [0.1, 0.15) is 0 Å². The molecule has 0 fully saturated rings. The van der Waals surface area contributed by atoms with Crippen molar-refractivity contribution in [2.45, 2.75) is 40.5 Å². The zero-order valence-electron chi connectivity index (χ0n) is 5.98. The first-order valence-corrected chi connectivity index (χ1v) is 3.55. The van der Waals surface area contributed by atoms with Crippen molar-refractivity contribution in [2.75, 3.05) is 6.54 Å². The Morgan fingerprint density at radius 1 is 1.22 bits per heavy atom. The molecule has 0 aliphatic carbocycles. The Balaban J connectivity index is 0. The van der Waals surface area contributed by atoms with Gasteiger partial charge < -0.3 is 5.73 Å². The first kappa shape index (κ1) is 11.7. The highest BCUT2D eigenvalue weighted by molar-refractivity contribution is 4.53. The van der Waals surface area contributed by atoms with E-state index in [1.165, 1.54) is 19.3 Å². The van der Waals surface area contributed by atoms with Crippen LogP contribution >= 0.6 is 0 Å². The second-order valence-electron chi connectivity index (χ2n) is 2.26. The Hall–Kier alpha value is -0.0400. The summed E-state index contributed by atoms with van der Waals surface area (Å²) in [4.78, 5) is 0. The highest BCUT2D eigenvalue weighted by atomic mass is 14.5. The van der Waals surface area contributed by atoms with Gasteiger partial charge in [0.05, 0.1) is 0 Å². The summed E-state index contributed by atoms with van der Waals surface area (Å²) in [6, 6.07) is 0. The second kappa shape index (κ2) is 7.96. The van der Waals surface area contributed by atoms with E-state index in [1.54, 1.807) is 0 Å². The molecule has 9 heavy (non-hydrogen) atoms. The summed E-state index contributed by atoms with van der Waals surface area (Å²) in [5.41, 5.74) is 5.38. The Morgan fingerprint density at radius 2 is 1.67 bits per heavy atom. The maximum atomic E-state index is 5.38. The van der Waals surface area contributed by atoms with E-state index in [0.29, 0.717) is 0 Å². The summed E-state index contributed by atoms with van der Waals surface area (Å²) in [5.74, 6) is 0.875. The Bertz CT molecular complexity index is 39.8. The van der Waals surface area contributed by atoms with Gasteiger partial charge in [0.15, 0.2) is 0 Å². The lowest BCUT2D eigenvalue weighted by Crippen LogP contribution is -2.06. The van der Waals surface area contributed by atoms with Gasteiger partial charge in [-0.25, -0.2) is 0 Å². The van der Waals surface area contributed by atoms with E-state index in [0.717, 1.165) is 12.5 Å². The third kappa shape index (κ3) is 5.84. The van der Waals surface area contributed by atoms with Crippen molar-refractivity contribution >= 4 is 0 Å². The van der Waals surface area contributed by atoms with E-state index >= 15 is 0 Å². The van der Waals surface area contributed by atoms with Gasteiger partial charge >= 0.3 is 0 Å². The fraction of sp³-hybridized carbons (Fsp3) is 1.00. The molecule has 0 aromatic carbocycles. The van der Waals surface area contributed by atoms with Crippen LogP contribution in [0.2, 0.25) is 0 Å². The van der Waals surface area contributed by atoms with Crippen LogP contribution in [0, 0.1) is 5.92 Å². The quantitative estimate of drug-likeness (QED) is 0.623. The highest BCUT2D eigenvalue weighted by Gasteiger charge is 1.98. The molecule has 0 rings (SSSR count). The number of rotatable bonds is 4. The fourth-order valence-electron chi connectivity index (χ4n) is 0.933. The van der Waals surface area contributed by atoms with Crippen molar-refractivity contribution in [3.8, 4) is 0 Å². The maximum Gasteiger partial charge on any atom is -0.00746 e. The number of hydrogen-bond acceptors (Lipinski definition) is 1. The van der Waals surface area contributed by atoms with E-state index in [2.05, 4.69) is 13.8 Å². The molecule has 0 saturated heterocycles. The normalized spacial score (nSPS) is 9.33. The van der Waals surface area contributed by atoms with Gasteiger partial charge in [-0.15, -0.1) is 0 Å². The van der Waals surface area contributed by atoms with Crippen LogP contribution in [0.15, 0.2) is 0 Å². The largest absolute Gasteiger partial charge is 0.330 e. The van der Waals surface area contributed by atoms with Crippen LogP contribution in [0.1, 0.15) is 40.5 Å². The van der Waals surface area contributed by atoms with Gasteiger partial charge in [-0.05, 0) is 18.9 Å². The lowest BCUT2D eigenvalue weighted by Gasteiger charge is -2.08. The van der Waals surface area contributed by atoms with Crippen LogP contribution in [0.25, 0.3) is 0 Å². The first-order chi connectivity index (χ1) is 3.85. The molecule has 0 unspecified atom stereocenters. The molecule has 1 nitrogen and oxygen atoms in total. The van der Waals surface area contributed by atoms with Crippen molar-refractivity contribution in [1.82, 2.24) is 0 Å². The van der Waals surface area contributed by atoms with Crippen molar-refractivity contribution in [2.24, 2.45) is 11.7 Å². The minimum absolute atomic E-state index is 0. The van der Waals surface area contributed by atoms with Crippen LogP contribution in [-0.4, -0.2) is 6.54 Å². The van der Waals surface area contributed by atoms with Gasteiger partial charge in [-0.1, -0.05) is 34.1 Å². The predicted octanol–water partition coefficient (Wildman–Crippen LogP) is 2.41. The molecule has 0 aromatic rings. The minimum atomic E-state index is 0. The zero-order chi connectivity index (χ0) is 6.41. The van der Waals surface area contributed by atoms with Crippen LogP contribution in [0.4, 0.5) is 0 Å². The summed E-state index contributed by atoms with van der Waals surface area (Å²) >= 11 is 0. The molecule has 0 aliphatic heterocycles. The van der Waals surface area contributed by atoms with Crippen molar-refractivity contribution in [1.29, 1.82) is 0 Å². The van der Waals surface area contributed by atoms with Gasteiger partial charge in [-0.3, -0.25) is 0 Å². The van der Waals surface area contributed by atoms with E-state index < -0.39 is 0 Å². The van der Waals surface area contributed by atoms with Crippen LogP contribution in [-0.2, 0) is 0 Å². The molecule has 0 bridgehead atoms. The van der Waals surface area contributed by atoms with Crippen LogP contribution in [0.3, 0.4) is 0 Å². The maximum absolute atomic E-state index is 5.38. The van der Waals surface area contributed by atoms with Gasteiger partial charge in [0.2, 0.25) is 0 Å². The summed E-state index contributed by atoms with van der Waals surface area (Å²) in [5, 5.41) is 0. The third-order valence-corrected chi connectivity index (χ3v) is 1.73. The number of nitrogens with two attached hydrogens (primary N) is 1. The smallest absolute Gasteiger partial charge is 0.00746 e. The topological polar surface area (TPSA) is 26.0 Å². The molecule has 2 N–H and O–H groups in total. The number of hydrogen-bond donors (Lipinski definition) is 1. The summed E-state index contributed by atoms with van der Waals surface area (Å²) < 4.78 is 0. The Morgan fingerprint density at radius 3 is 1.78 bits per heavy atom. The van der Waals surface area contributed by atoms with Crippen molar-refractivity contribution in [3.63, 3.8) is 0 Å².